The van der Waals surface area contributed by atoms with Gasteiger partial charge in [-0.3, -0.25) is 4.79 Å². The van der Waals surface area contributed by atoms with Gasteiger partial charge in [0.1, 0.15) is 11.6 Å². The predicted octanol–water partition coefficient (Wildman–Crippen LogP) is 0.684. The fraction of sp³-hybridized carbons (Fsp3) is 0.200. The van der Waals surface area contributed by atoms with Crippen LogP contribution in [-0.2, 0) is 13.0 Å². The molecule has 3 rings (SSSR count). The molecule has 0 saturated carbocycles. The number of pyridine rings is 1. The quantitative estimate of drug-likeness (QED) is 0.602. The molecule has 0 aliphatic carbocycles. The minimum atomic E-state index is -1.84. The average Bonchev–Trinajstić information content (AvgIpc) is 2.88. The minimum Gasteiger partial charge on any atom is -0.512 e. The summed E-state index contributed by atoms with van der Waals surface area (Å²) in [4.78, 5) is 18.9. The Morgan fingerprint density at radius 1 is 1.26 bits per heavy atom. The first-order valence-corrected chi connectivity index (χ1v) is 7.27. The van der Waals surface area contributed by atoms with Crippen molar-refractivity contribution in [3.05, 3.63) is 58.3 Å². The largest absolute Gasteiger partial charge is 0.707 e. The van der Waals surface area contributed by atoms with E-state index in [1.807, 2.05) is 29.7 Å². The third kappa shape index (κ3) is 3.13. The van der Waals surface area contributed by atoms with Gasteiger partial charge in [-0.1, -0.05) is 19.1 Å². The van der Waals surface area contributed by atoms with Crippen molar-refractivity contribution in [2.75, 3.05) is 0 Å². The van der Waals surface area contributed by atoms with Crippen molar-refractivity contribution in [2.45, 2.75) is 19.9 Å². The van der Waals surface area contributed by atoms with Crippen LogP contribution in [0.3, 0.4) is 0 Å². The predicted molar refractivity (Wildman–Crippen MR) is 86.1 cm³/mol. The first-order chi connectivity index (χ1) is 11.1. The van der Waals surface area contributed by atoms with E-state index in [1.165, 1.54) is 0 Å². The van der Waals surface area contributed by atoms with Gasteiger partial charge in [0.05, 0.1) is 5.52 Å². The van der Waals surface area contributed by atoms with Gasteiger partial charge in [-0.25, -0.2) is 4.98 Å². The van der Waals surface area contributed by atoms with E-state index < -0.39 is 7.32 Å². The lowest BCUT2D eigenvalue weighted by Crippen LogP contribution is -2.20. The van der Waals surface area contributed by atoms with E-state index >= 15 is 0 Å². The second-order valence-electron chi connectivity index (χ2n) is 5.10. The van der Waals surface area contributed by atoms with Gasteiger partial charge in [-0.2, -0.15) is 0 Å². The maximum Gasteiger partial charge on any atom is 0.707 e. The Bertz CT molecular complexity index is 871. The summed E-state index contributed by atoms with van der Waals surface area (Å²) in [6.07, 6.45) is 2.33. The Kier molecular flexibility index (Phi) is 4.18. The molecule has 1 aromatic carbocycles. The molecule has 2 heterocycles. The molecule has 0 fully saturated rings. The van der Waals surface area contributed by atoms with Crippen molar-refractivity contribution in [1.82, 2.24) is 14.5 Å². The summed E-state index contributed by atoms with van der Waals surface area (Å²) in [5.74, 6) is 1.20. The average molecular weight is 313 g/mol. The van der Waals surface area contributed by atoms with E-state index in [0.29, 0.717) is 24.2 Å². The van der Waals surface area contributed by atoms with Gasteiger partial charge >= 0.3 is 7.32 Å². The number of nitrogens with zero attached hydrogens (tertiary/aromatic N) is 2. The van der Waals surface area contributed by atoms with Crippen molar-refractivity contribution in [3.63, 3.8) is 0 Å². The Balaban J connectivity index is 1.95. The van der Waals surface area contributed by atoms with Gasteiger partial charge in [0.2, 0.25) is 0 Å². The SMILES string of the molecule is CCc1nc2c(=O)[nH]ccc2n1Cc1ccc(OB(O)O)cc1. The molecule has 2 aromatic heterocycles. The van der Waals surface area contributed by atoms with Gasteiger partial charge in [0, 0.05) is 19.2 Å². The van der Waals surface area contributed by atoms with E-state index in [2.05, 4.69) is 9.97 Å². The summed E-state index contributed by atoms with van der Waals surface area (Å²) in [5.41, 5.74) is 2.01. The molecule has 0 unspecified atom stereocenters. The van der Waals surface area contributed by atoms with Crippen LogP contribution in [-0.4, -0.2) is 31.9 Å². The van der Waals surface area contributed by atoms with Crippen molar-refractivity contribution in [1.29, 1.82) is 0 Å². The van der Waals surface area contributed by atoms with Crippen LogP contribution >= 0.6 is 0 Å². The van der Waals surface area contributed by atoms with E-state index in [0.717, 1.165) is 16.9 Å². The van der Waals surface area contributed by atoms with Crippen LogP contribution in [0.25, 0.3) is 11.0 Å². The van der Waals surface area contributed by atoms with E-state index in [-0.39, 0.29) is 5.56 Å². The number of nitrogens with one attached hydrogen (secondary N) is 1. The lowest BCUT2D eigenvalue weighted by Gasteiger charge is -2.10. The second-order valence-corrected chi connectivity index (χ2v) is 5.10. The molecular weight excluding hydrogens is 297 g/mol. The molecule has 0 radical (unpaired) electrons. The van der Waals surface area contributed by atoms with Crippen LogP contribution < -0.4 is 10.2 Å². The molecule has 0 aliphatic rings. The number of fused-ring (bicyclic) bond motifs is 1. The highest BCUT2D eigenvalue weighted by Gasteiger charge is 2.13. The zero-order valence-corrected chi connectivity index (χ0v) is 12.6. The number of hydrogen-bond donors (Lipinski definition) is 3. The number of hydrogen-bond acceptors (Lipinski definition) is 5. The van der Waals surface area contributed by atoms with Gasteiger partial charge in [-0.05, 0) is 23.8 Å². The van der Waals surface area contributed by atoms with Crippen LogP contribution in [0.1, 0.15) is 18.3 Å². The number of aryl methyl sites for hydroxylation is 1. The monoisotopic (exact) mass is 313 g/mol. The maximum absolute atomic E-state index is 11.9. The first kappa shape index (κ1) is 15.3. The highest BCUT2D eigenvalue weighted by molar-refractivity contribution is 6.33. The molecule has 0 aliphatic heterocycles. The van der Waals surface area contributed by atoms with Crippen LogP contribution in [0, 0.1) is 0 Å². The normalized spacial score (nSPS) is 10.9. The van der Waals surface area contributed by atoms with E-state index in [9.17, 15) is 4.79 Å². The molecule has 118 valence electrons. The second kappa shape index (κ2) is 6.27. The number of imidazole rings is 1. The van der Waals surface area contributed by atoms with Crippen LogP contribution in [0.2, 0.25) is 0 Å². The zero-order chi connectivity index (χ0) is 16.4. The van der Waals surface area contributed by atoms with Gasteiger partial charge in [0.25, 0.3) is 5.56 Å². The van der Waals surface area contributed by atoms with Crippen LogP contribution in [0.5, 0.6) is 5.75 Å². The zero-order valence-electron chi connectivity index (χ0n) is 12.6. The highest BCUT2D eigenvalue weighted by atomic mass is 16.6. The van der Waals surface area contributed by atoms with Crippen molar-refractivity contribution in [2.24, 2.45) is 0 Å². The number of rotatable bonds is 5. The molecule has 0 saturated heterocycles. The maximum atomic E-state index is 11.9. The lowest BCUT2D eigenvalue weighted by atomic mass is 10.2. The highest BCUT2D eigenvalue weighted by Crippen LogP contribution is 2.18. The number of benzene rings is 1. The summed E-state index contributed by atoms with van der Waals surface area (Å²) in [7, 11) is -1.84. The lowest BCUT2D eigenvalue weighted by molar-refractivity contribution is 0.288. The van der Waals surface area contributed by atoms with Crippen LogP contribution in [0.15, 0.2) is 41.3 Å². The van der Waals surface area contributed by atoms with Crippen molar-refractivity contribution >= 4 is 18.4 Å². The summed E-state index contributed by atoms with van der Waals surface area (Å²) in [5, 5.41) is 17.6. The molecule has 3 aromatic rings. The minimum absolute atomic E-state index is 0.198. The first-order valence-electron chi connectivity index (χ1n) is 7.27. The molecule has 0 bridgehead atoms. The Labute approximate surface area is 132 Å². The molecular formula is C15H16BN3O4. The number of aromatic nitrogens is 3. The third-order valence-electron chi connectivity index (χ3n) is 3.58. The summed E-state index contributed by atoms with van der Waals surface area (Å²) < 4.78 is 6.78. The Morgan fingerprint density at radius 3 is 2.65 bits per heavy atom. The Hall–Kier alpha value is -2.58. The fourth-order valence-electron chi connectivity index (χ4n) is 2.54. The van der Waals surface area contributed by atoms with Crippen molar-refractivity contribution < 1.29 is 14.7 Å². The molecule has 7 nitrogen and oxygen atoms in total. The summed E-state index contributed by atoms with van der Waals surface area (Å²) in [6.45, 7) is 2.55. The van der Waals surface area contributed by atoms with Gasteiger partial charge in [0.15, 0.2) is 5.52 Å². The van der Waals surface area contributed by atoms with E-state index in [1.54, 1.807) is 18.3 Å². The summed E-state index contributed by atoms with van der Waals surface area (Å²) in [6, 6.07) is 8.81. The molecule has 3 N–H and O–H groups in total. The van der Waals surface area contributed by atoms with E-state index in [4.69, 9.17) is 14.7 Å². The molecule has 0 amide bonds. The molecule has 0 atom stereocenters. The van der Waals surface area contributed by atoms with Crippen molar-refractivity contribution in [3.8, 4) is 5.75 Å². The Morgan fingerprint density at radius 2 is 2.00 bits per heavy atom. The molecule has 0 spiro atoms. The number of H-pyrrole nitrogens is 1. The van der Waals surface area contributed by atoms with Gasteiger partial charge < -0.3 is 24.3 Å². The third-order valence-corrected chi connectivity index (χ3v) is 3.58. The summed E-state index contributed by atoms with van der Waals surface area (Å²) >= 11 is 0. The topological polar surface area (TPSA) is 100 Å². The molecule has 8 heteroatoms. The van der Waals surface area contributed by atoms with Crippen LogP contribution in [0.4, 0.5) is 0 Å². The molecule has 23 heavy (non-hydrogen) atoms. The van der Waals surface area contributed by atoms with Gasteiger partial charge in [-0.15, -0.1) is 0 Å². The smallest absolute Gasteiger partial charge is 0.512 e. The standard InChI is InChI=1S/C15H16BN3O4/c1-2-13-18-14-12(7-8-17-15(14)20)19(13)9-10-3-5-11(6-4-10)23-16(21)22/h3-8,21-22H,2,9H2,1H3,(H,17,20). The number of aromatic amines is 1. The fourth-order valence-corrected chi connectivity index (χ4v) is 2.54.